The molecule has 0 saturated heterocycles. The maximum atomic E-state index is 11.4. The van der Waals surface area contributed by atoms with Gasteiger partial charge in [-0.05, 0) is 12.1 Å². The van der Waals surface area contributed by atoms with Crippen LogP contribution in [0.4, 0.5) is 5.69 Å². The Balaban J connectivity index is 2.54. The number of anilines is 1. The highest BCUT2D eigenvalue weighted by Crippen LogP contribution is 2.31. The van der Waals surface area contributed by atoms with Crippen molar-refractivity contribution in [2.75, 3.05) is 12.4 Å². The van der Waals surface area contributed by atoms with E-state index in [1.165, 1.54) is 0 Å². The molecule has 0 fully saturated rings. The Morgan fingerprint density at radius 3 is 2.53 bits per heavy atom. The van der Waals surface area contributed by atoms with E-state index in [0.29, 0.717) is 6.42 Å². The Morgan fingerprint density at radius 2 is 1.88 bits per heavy atom. The second kappa shape index (κ2) is 4.87. The number of rotatable bonds is 3. The van der Waals surface area contributed by atoms with Crippen LogP contribution >= 0.6 is 0 Å². The van der Waals surface area contributed by atoms with Crippen LogP contribution in [0.5, 0.6) is 5.75 Å². The first-order valence-electron chi connectivity index (χ1n) is 5.62. The summed E-state index contributed by atoms with van der Waals surface area (Å²) in [6.07, 6.45) is 0.473. The summed E-state index contributed by atoms with van der Waals surface area (Å²) in [5.41, 5.74) is 0.827. The normalized spacial score (nSPS) is 10.2. The first kappa shape index (κ1) is 11.5. The Bertz CT molecular complexity index is 549. The van der Waals surface area contributed by atoms with Crippen LogP contribution in [0.1, 0.15) is 13.3 Å². The van der Waals surface area contributed by atoms with Gasteiger partial charge in [0, 0.05) is 22.9 Å². The lowest BCUT2D eigenvalue weighted by Crippen LogP contribution is -2.09. The number of carbonyl (C=O) groups excluding carboxylic acids is 1. The predicted octanol–water partition coefficient (Wildman–Crippen LogP) is 3.20. The molecule has 3 nitrogen and oxygen atoms in total. The van der Waals surface area contributed by atoms with Crippen molar-refractivity contribution in [3.05, 3.63) is 36.4 Å². The fraction of sp³-hybridized carbons (Fsp3) is 0.214. The molecule has 1 N–H and O–H groups in total. The van der Waals surface area contributed by atoms with Gasteiger partial charge in [0.25, 0.3) is 0 Å². The Hall–Kier alpha value is -2.03. The molecule has 2 aromatic carbocycles. The fourth-order valence-electron chi connectivity index (χ4n) is 1.80. The average molecular weight is 229 g/mol. The van der Waals surface area contributed by atoms with E-state index < -0.39 is 0 Å². The van der Waals surface area contributed by atoms with Gasteiger partial charge in [-0.2, -0.15) is 0 Å². The minimum Gasteiger partial charge on any atom is -0.496 e. The lowest BCUT2D eigenvalue weighted by molar-refractivity contribution is -0.115. The second-order valence-corrected chi connectivity index (χ2v) is 3.76. The molecular weight excluding hydrogens is 214 g/mol. The minimum absolute atomic E-state index is 0.0142. The third-order valence-electron chi connectivity index (χ3n) is 2.70. The first-order valence-corrected chi connectivity index (χ1v) is 5.62. The summed E-state index contributed by atoms with van der Waals surface area (Å²) in [5, 5.41) is 4.89. The van der Waals surface area contributed by atoms with Gasteiger partial charge in [0.2, 0.25) is 5.91 Å². The van der Waals surface area contributed by atoms with Crippen molar-refractivity contribution in [1.29, 1.82) is 0 Å². The van der Waals surface area contributed by atoms with Crippen LogP contribution in [-0.2, 0) is 4.79 Å². The van der Waals surface area contributed by atoms with Crippen LogP contribution < -0.4 is 10.1 Å². The molecular formula is C14H15NO2. The molecule has 0 aliphatic carbocycles. The summed E-state index contributed by atoms with van der Waals surface area (Å²) in [6.45, 7) is 1.83. The molecule has 0 unspecified atom stereocenters. The topological polar surface area (TPSA) is 38.3 Å². The van der Waals surface area contributed by atoms with Crippen molar-refractivity contribution in [2.45, 2.75) is 13.3 Å². The van der Waals surface area contributed by atoms with Crippen LogP contribution in [0, 0.1) is 0 Å². The molecule has 0 heterocycles. The van der Waals surface area contributed by atoms with E-state index in [1.807, 2.05) is 43.3 Å². The quantitative estimate of drug-likeness (QED) is 0.877. The predicted molar refractivity (Wildman–Crippen MR) is 69.4 cm³/mol. The molecule has 3 heteroatoms. The molecule has 2 aromatic rings. The van der Waals surface area contributed by atoms with Gasteiger partial charge in [0.1, 0.15) is 5.75 Å². The van der Waals surface area contributed by atoms with E-state index >= 15 is 0 Å². The molecule has 0 spiro atoms. The van der Waals surface area contributed by atoms with Gasteiger partial charge >= 0.3 is 0 Å². The van der Waals surface area contributed by atoms with Crippen LogP contribution in [-0.4, -0.2) is 13.0 Å². The van der Waals surface area contributed by atoms with Crippen molar-refractivity contribution in [3.8, 4) is 5.75 Å². The Labute approximate surface area is 100 Å². The average Bonchev–Trinajstić information content (AvgIpc) is 2.39. The van der Waals surface area contributed by atoms with Crippen molar-refractivity contribution in [3.63, 3.8) is 0 Å². The number of fused-ring (bicyclic) bond motifs is 1. The zero-order valence-corrected chi connectivity index (χ0v) is 9.99. The molecule has 0 bridgehead atoms. The molecule has 0 aliphatic heterocycles. The third-order valence-corrected chi connectivity index (χ3v) is 2.70. The molecule has 0 saturated carbocycles. The van der Waals surface area contributed by atoms with Gasteiger partial charge in [-0.3, -0.25) is 4.79 Å². The van der Waals surface area contributed by atoms with Crippen molar-refractivity contribution in [2.24, 2.45) is 0 Å². The zero-order valence-electron chi connectivity index (χ0n) is 9.99. The first-order chi connectivity index (χ1) is 8.26. The summed E-state index contributed by atoms with van der Waals surface area (Å²) >= 11 is 0. The number of ether oxygens (including phenoxy) is 1. The fourth-order valence-corrected chi connectivity index (χ4v) is 1.80. The molecule has 0 atom stereocenters. The second-order valence-electron chi connectivity index (χ2n) is 3.76. The summed E-state index contributed by atoms with van der Waals surface area (Å²) in [7, 11) is 1.64. The van der Waals surface area contributed by atoms with E-state index in [0.717, 1.165) is 22.2 Å². The smallest absolute Gasteiger partial charge is 0.224 e. The van der Waals surface area contributed by atoms with E-state index in [1.54, 1.807) is 7.11 Å². The summed E-state index contributed by atoms with van der Waals surface area (Å²) in [4.78, 5) is 11.4. The minimum atomic E-state index is 0.0142. The van der Waals surface area contributed by atoms with Crippen molar-refractivity contribution >= 4 is 22.4 Å². The largest absolute Gasteiger partial charge is 0.496 e. The lowest BCUT2D eigenvalue weighted by Gasteiger charge is -2.11. The standard InChI is InChI=1S/C14H15NO2/c1-3-14(16)15-12-8-9-13(17-2)11-7-5-4-6-10(11)12/h4-9H,3H2,1-2H3,(H,15,16). The van der Waals surface area contributed by atoms with Crippen LogP contribution in [0.15, 0.2) is 36.4 Å². The lowest BCUT2D eigenvalue weighted by atomic mass is 10.1. The molecule has 2 rings (SSSR count). The highest BCUT2D eigenvalue weighted by Gasteiger charge is 2.07. The number of carbonyl (C=O) groups is 1. The number of nitrogens with one attached hydrogen (secondary N) is 1. The Morgan fingerprint density at radius 1 is 1.18 bits per heavy atom. The van der Waals surface area contributed by atoms with Gasteiger partial charge in [0.05, 0.1) is 7.11 Å². The SMILES string of the molecule is CCC(=O)Nc1ccc(OC)c2ccccc12. The van der Waals surface area contributed by atoms with Crippen molar-refractivity contribution in [1.82, 2.24) is 0 Å². The van der Waals surface area contributed by atoms with E-state index in [-0.39, 0.29) is 5.91 Å². The summed E-state index contributed by atoms with van der Waals surface area (Å²) in [5.74, 6) is 0.829. The molecule has 1 amide bonds. The van der Waals surface area contributed by atoms with Crippen LogP contribution in [0.2, 0.25) is 0 Å². The number of hydrogen-bond donors (Lipinski definition) is 1. The maximum Gasteiger partial charge on any atom is 0.224 e. The molecule has 17 heavy (non-hydrogen) atoms. The number of benzene rings is 2. The third kappa shape index (κ3) is 2.23. The summed E-state index contributed by atoms with van der Waals surface area (Å²) in [6, 6.07) is 11.6. The van der Waals surface area contributed by atoms with Crippen LogP contribution in [0.25, 0.3) is 10.8 Å². The molecule has 0 aromatic heterocycles. The van der Waals surface area contributed by atoms with E-state index in [4.69, 9.17) is 4.74 Å². The van der Waals surface area contributed by atoms with E-state index in [9.17, 15) is 4.79 Å². The molecule has 88 valence electrons. The van der Waals surface area contributed by atoms with Crippen molar-refractivity contribution < 1.29 is 9.53 Å². The van der Waals surface area contributed by atoms with E-state index in [2.05, 4.69) is 5.32 Å². The highest BCUT2D eigenvalue weighted by atomic mass is 16.5. The van der Waals surface area contributed by atoms with Gasteiger partial charge in [0.15, 0.2) is 0 Å². The Kier molecular flexibility index (Phi) is 3.28. The number of hydrogen-bond acceptors (Lipinski definition) is 2. The highest BCUT2D eigenvalue weighted by molar-refractivity contribution is 6.04. The van der Waals surface area contributed by atoms with Gasteiger partial charge in [-0.1, -0.05) is 31.2 Å². The van der Waals surface area contributed by atoms with Crippen LogP contribution in [0.3, 0.4) is 0 Å². The van der Waals surface area contributed by atoms with Gasteiger partial charge in [-0.15, -0.1) is 0 Å². The number of amides is 1. The zero-order chi connectivity index (χ0) is 12.3. The monoisotopic (exact) mass is 229 g/mol. The van der Waals surface area contributed by atoms with Gasteiger partial charge in [-0.25, -0.2) is 0 Å². The molecule has 0 radical (unpaired) electrons. The molecule has 0 aliphatic rings. The number of methoxy groups -OCH3 is 1. The summed E-state index contributed by atoms with van der Waals surface area (Å²) < 4.78 is 5.30. The maximum absolute atomic E-state index is 11.4. The van der Waals surface area contributed by atoms with Gasteiger partial charge < -0.3 is 10.1 Å².